The predicted octanol–water partition coefficient (Wildman–Crippen LogP) is 3.56. The summed E-state index contributed by atoms with van der Waals surface area (Å²) in [5.41, 5.74) is 5.16. The second-order valence-corrected chi connectivity index (χ2v) is 7.67. The molecule has 4 aromatic rings. The lowest BCUT2D eigenvalue weighted by molar-refractivity contribution is 0.122. The average molecular weight is 415 g/mol. The lowest BCUT2D eigenvalue weighted by Gasteiger charge is -2.29. The van der Waals surface area contributed by atoms with Crippen molar-refractivity contribution in [2.24, 2.45) is 0 Å². The van der Waals surface area contributed by atoms with Crippen LogP contribution in [0, 0.1) is 6.92 Å². The Morgan fingerprint density at radius 1 is 1.03 bits per heavy atom. The molecule has 1 saturated heterocycles. The van der Waals surface area contributed by atoms with Crippen molar-refractivity contribution in [1.82, 2.24) is 19.6 Å². The van der Waals surface area contributed by atoms with Crippen molar-refractivity contribution in [3.8, 4) is 17.1 Å². The minimum atomic E-state index is 0.570. The molecule has 0 amide bonds. The van der Waals surface area contributed by atoms with E-state index >= 15 is 0 Å². The number of anilines is 1. The van der Waals surface area contributed by atoms with E-state index < -0.39 is 0 Å². The zero-order chi connectivity index (χ0) is 21.0. The highest BCUT2D eigenvalue weighted by Gasteiger charge is 2.18. The van der Waals surface area contributed by atoms with E-state index in [1.54, 1.807) is 12.4 Å². The van der Waals surface area contributed by atoms with Crippen molar-refractivity contribution in [2.45, 2.75) is 13.3 Å². The number of rotatable bonds is 6. The number of pyridine rings is 1. The van der Waals surface area contributed by atoms with Gasteiger partial charge in [0.25, 0.3) is 0 Å². The molecule has 0 saturated carbocycles. The number of morpholine rings is 1. The first-order valence-electron chi connectivity index (χ1n) is 10.6. The summed E-state index contributed by atoms with van der Waals surface area (Å²) in [5.74, 6) is 1.59. The number of benzene rings is 1. The highest BCUT2D eigenvalue weighted by Crippen LogP contribution is 2.26. The maximum Gasteiger partial charge on any atom is 0.219 e. The Labute approximate surface area is 181 Å². The summed E-state index contributed by atoms with van der Waals surface area (Å²) in [6, 6.07) is 16.4. The summed E-state index contributed by atoms with van der Waals surface area (Å²) in [6.07, 6.45) is 4.38. The highest BCUT2D eigenvalue weighted by atomic mass is 16.5. The van der Waals surface area contributed by atoms with Crippen LogP contribution in [-0.4, -0.2) is 52.5 Å². The summed E-state index contributed by atoms with van der Waals surface area (Å²) in [7, 11) is 0. The van der Waals surface area contributed by atoms with Gasteiger partial charge in [-0.15, -0.1) is 0 Å². The molecule has 31 heavy (non-hydrogen) atoms. The minimum Gasteiger partial charge on any atom is -0.477 e. The van der Waals surface area contributed by atoms with Crippen molar-refractivity contribution < 1.29 is 9.47 Å². The van der Waals surface area contributed by atoms with Crippen LogP contribution in [0.15, 0.2) is 60.9 Å². The average Bonchev–Trinajstić information content (AvgIpc) is 3.24. The molecule has 3 aromatic heterocycles. The van der Waals surface area contributed by atoms with Gasteiger partial charge < -0.3 is 14.4 Å². The minimum absolute atomic E-state index is 0.570. The zero-order valence-electron chi connectivity index (χ0n) is 17.6. The zero-order valence-corrected chi connectivity index (χ0v) is 17.6. The van der Waals surface area contributed by atoms with E-state index in [9.17, 15) is 0 Å². The van der Waals surface area contributed by atoms with E-state index in [-0.39, 0.29) is 0 Å². The molecule has 158 valence electrons. The van der Waals surface area contributed by atoms with Gasteiger partial charge in [-0.2, -0.15) is 14.6 Å². The third-order valence-electron chi connectivity index (χ3n) is 5.42. The normalized spacial score (nSPS) is 14.2. The van der Waals surface area contributed by atoms with Gasteiger partial charge in [0.1, 0.15) is 5.82 Å². The Morgan fingerprint density at radius 2 is 1.87 bits per heavy atom. The molecule has 0 bridgehead atoms. The third-order valence-corrected chi connectivity index (χ3v) is 5.42. The van der Waals surface area contributed by atoms with E-state index in [0.29, 0.717) is 25.7 Å². The molecular formula is C24H25N5O2. The van der Waals surface area contributed by atoms with Crippen molar-refractivity contribution in [3.63, 3.8) is 0 Å². The molecule has 7 heteroatoms. The van der Waals surface area contributed by atoms with Gasteiger partial charge in [-0.05, 0) is 24.6 Å². The first kappa shape index (κ1) is 19.5. The van der Waals surface area contributed by atoms with Crippen LogP contribution < -0.4 is 9.64 Å². The fourth-order valence-electron chi connectivity index (χ4n) is 3.83. The molecule has 1 aliphatic heterocycles. The molecule has 0 radical (unpaired) electrons. The molecule has 0 N–H and O–H groups in total. The van der Waals surface area contributed by atoms with Gasteiger partial charge in [-0.25, -0.2) is 0 Å². The molecule has 4 heterocycles. The van der Waals surface area contributed by atoms with Gasteiger partial charge in [0, 0.05) is 49.6 Å². The molecule has 0 unspecified atom stereocenters. The van der Waals surface area contributed by atoms with Crippen molar-refractivity contribution in [2.75, 3.05) is 37.8 Å². The maximum atomic E-state index is 6.08. The van der Waals surface area contributed by atoms with Gasteiger partial charge in [0.2, 0.25) is 5.88 Å². The SMILES string of the molecule is Cc1cccc(CCOc2cc(N3CCOCC3)n3nc(-c4ccncc4)cc3n2)c1. The molecule has 0 spiro atoms. The number of fused-ring (bicyclic) bond motifs is 1. The number of nitrogens with zero attached hydrogens (tertiary/aromatic N) is 5. The lowest BCUT2D eigenvalue weighted by atomic mass is 10.1. The summed E-state index contributed by atoms with van der Waals surface area (Å²) in [5, 5.41) is 4.83. The van der Waals surface area contributed by atoms with E-state index in [1.165, 1.54) is 11.1 Å². The summed E-state index contributed by atoms with van der Waals surface area (Å²) >= 11 is 0. The largest absolute Gasteiger partial charge is 0.477 e. The quantitative estimate of drug-likeness (QED) is 0.480. The number of hydrogen-bond acceptors (Lipinski definition) is 6. The van der Waals surface area contributed by atoms with Crippen LogP contribution in [0.25, 0.3) is 16.9 Å². The van der Waals surface area contributed by atoms with Crippen LogP contribution in [-0.2, 0) is 11.2 Å². The van der Waals surface area contributed by atoms with E-state index in [1.807, 2.05) is 28.8 Å². The highest BCUT2D eigenvalue weighted by molar-refractivity contribution is 5.66. The summed E-state index contributed by atoms with van der Waals surface area (Å²) in [6.45, 7) is 5.70. The molecule has 5 rings (SSSR count). The first-order chi connectivity index (χ1) is 15.3. The fraction of sp³-hybridized carbons (Fsp3) is 0.292. The third kappa shape index (κ3) is 4.36. The Kier molecular flexibility index (Phi) is 5.50. The van der Waals surface area contributed by atoms with Gasteiger partial charge in [0.15, 0.2) is 5.65 Å². The van der Waals surface area contributed by atoms with Crippen molar-refractivity contribution in [3.05, 3.63) is 72.1 Å². The predicted molar refractivity (Wildman–Crippen MR) is 120 cm³/mol. The second-order valence-electron chi connectivity index (χ2n) is 7.67. The van der Waals surface area contributed by atoms with Gasteiger partial charge >= 0.3 is 0 Å². The molecule has 1 fully saturated rings. The van der Waals surface area contributed by atoms with Crippen LogP contribution in [0.5, 0.6) is 5.88 Å². The number of aryl methyl sites for hydroxylation is 1. The standard InChI is InChI=1S/C24H25N5O2/c1-18-3-2-4-19(15-18)7-12-31-23-17-24(28-10-13-30-14-11-28)29-22(26-23)16-21(27-29)20-5-8-25-9-6-20/h2-6,8-9,15-17H,7,10-14H2,1H3. The number of hydrogen-bond donors (Lipinski definition) is 0. The van der Waals surface area contributed by atoms with Crippen LogP contribution >= 0.6 is 0 Å². The van der Waals surface area contributed by atoms with Crippen LogP contribution in [0.4, 0.5) is 5.82 Å². The van der Waals surface area contributed by atoms with Gasteiger partial charge in [-0.3, -0.25) is 4.98 Å². The fourth-order valence-corrected chi connectivity index (χ4v) is 3.83. The Morgan fingerprint density at radius 3 is 2.68 bits per heavy atom. The molecule has 1 aliphatic rings. The van der Waals surface area contributed by atoms with Crippen molar-refractivity contribution in [1.29, 1.82) is 0 Å². The second kappa shape index (κ2) is 8.73. The molecule has 1 aromatic carbocycles. The first-order valence-corrected chi connectivity index (χ1v) is 10.6. The van der Waals surface area contributed by atoms with Crippen LogP contribution in [0.3, 0.4) is 0 Å². The molecule has 0 aliphatic carbocycles. The Balaban J connectivity index is 1.45. The van der Waals surface area contributed by atoms with E-state index in [4.69, 9.17) is 19.6 Å². The number of aromatic nitrogens is 4. The van der Waals surface area contributed by atoms with Gasteiger partial charge in [-0.1, -0.05) is 29.8 Å². The smallest absolute Gasteiger partial charge is 0.219 e. The van der Waals surface area contributed by atoms with Crippen molar-refractivity contribution >= 4 is 11.5 Å². The van der Waals surface area contributed by atoms with Gasteiger partial charge in [0.05, 0.1) is 25.5 Å². The summed E-state index contributed by atoms with van der Waals surface area (Å²) < 4.78 is 13.5. The lowest BCUT2D eigenvalue weighted by Crippen LogP contribution is -2.37. The number of ether oxygens (including phenoxy) is 2. The monoisotopic (exact) mass is 415 g/mol. The molecular weight excluding hydrogens is 390 g/mol. The van der Waals surface area contributed by atoms with E-state index in [0.717, 1.165) is 42.2 Å². The van der Waals surface area contributed by atoms with Crippen LogP contribution in [0.1, 0.15) is 11.1 Å². The summed E-state index contributed by atoms with van der Waals surface area (Å²) in [4.78, 5) is 11.1. The van der Waals surface area contributed by atoms with Crippen LogP contribution in [0.2, 0.25) is 0 Å². The molecule has 0 atom stereocenters. The topological polar surface area (TPSA) is 64.8 Å². The Bertz CT molecular complexity index is 1170. The maximum absolute atomic E-state index is 6.08. The van der Waals surface area contributed by atoms with E-state index in [2.05, 4.69) is 41.1 Å². The Hall–Kier alpha value is -3.45. The molecule has 7 nitrogen and oxygen atoms in total.